The van der Waals surface area contributed by atoms with Crippen LogP contribution in [0.3, 0.4) is 0 Å². The van der Waals surface area contributed by atoms with Crippen LogP contribution in [0, 0.1) is 11.3 Å². The monoisotopic (exact) mass is 341 g/mol. The summed E-state index contributed by atoms with van der Waals surface area (Å²) in [5, 5.41) is 24.9. The van der Waals surface area contributed by atoms with Crippen LogP contribution >= 0.6 is 0 Å². The van der Waals surface area contributed by atoms with E-state index < -0.39 is 11.9 Å². The summed E-state index contributed by atoms with van der Waals surface area (Å²) >= 11 is 0. The summed E-state index contributed by atoms with van der Waals surface area (Å²) in [6, 6.07) is 10.2. The predicted octanol–water partition coefficient (Wildman–Crippen LogP) is 2.30. The number of aromatic nitrogens is 1. The molecule has 1 aromatic carbocycles. The number of aliphatic carboxylic acids is 2. The van der Waals surface area contributed by atoms with Gasteiger partial charge in [0.1, 0.15) is 0 Å². The molecular weight excluding hydrogens is 322 g/mol. The Morgan fingerprint density at radius 3 is 2.52 bits per heavy atom. The SMILES string of the molecule is CCN1CC=C(c2cc3ccc(C#N)cc3[nH]2)CC1.O=C(O)C(=O)O. The number of benzene rings is 1. The molecule has 2 aromatic rings. The molecule has 0 saturated heterocycles. The summed E-state index contributed by atoms with van der Waals surface area (Å²) in [5.74, 6) is -3.65. The van der Waals surface area contributed by atoms with Crippen molar-refractivity contribution in [1.82, 2.24) is 9.88 Å². The van der Waals surface area contributed by atoms with Gasteiger partial charge in [0.2, 0.25) is 0 Å². The third-order valence-electron chi connectivity index (χ3n) is 4.02. The van der Waals surface area contributed by atoms with Gasteiger partial charge in [-0.15, -0.1) is 0 Å². The highest BCUT2D eigenvalue weighted by atomic mass is 16.4. The number of nitrogens with zero attached hydrogens (tertiary/aromatic N) is 2. The van der Waals surface area contributed by atoms with E-state index in [1.165, 1.54) is 16.7 Å². The number of aromatic amines is 1. The minimum absolute atomic E-state index is 0.704. The van der Waals surface area contributed by atoms with Crippen molar-refractivity contribution in [2.24, 2.45) is 0 Å². The number of carboxylic acids is 2. The second-order valence-corrected chi connectivity index (χ2v) is 5.58. The lowest BCUT2D eigenvalue weighted by Crippen LogP contribution is -2.28. The number of nitriles is 1. The fourth-order valence-corrected chi connectivity index (χ4v) is 2.61. The van der Waals surface area contributed by atoms with Crippen LogP contribution in [0.4, 0.5) is 0 Å². The van der Waals surface area contributed by atoms with Crippen molar-refractivity contribution in [3.63, 3.8) is 0 Å². The van der Waals surface area contributed by atoms with Crippen molar-refractivity contribution in [3.8, 4) is 6.07 Å². The van der Waals surface area contributed by atoms with Gasteiger partial charge in [0.25, 0.3) is 0 Å². The highest BCUT2D eigenvalue weighted by Crippen LogP contribution is 2.25. The minimum Gasteiger partial charge on any atom is -0.473 e. The first-order valence-corrected chi connectivity index (χ1v) is 7.85. The molecule has 0 atom stereocenters. The normalized spacial score (nSPS) is 14.2. The van der Waals surface area contributed by atoms with Crippen LogP contribution in [0.5, 0.6) is 0 Å². The standard InChI is InChI=1S/C16H17N3.C2H2O4/c1-2-19-7-5-13(6-8-19)16-10-14-4-3-12(11-17)9-15(14)18-16;3-1(4)2(5)6/h3-5,9-10,18H,2,6-8H2,1H3;(H,3,4)(H,5,6). The van der Waals surface area contributed by atoms with Gasteiger partial charge in [0.05, 0.1) is 11.6 Å². The molecule has 7 nitrogen and oxygen atoms in total. The van der Waals surface area contributed by atoms with Crippen molar-refractivity contribution in [2.45, 2.75) is 13.3 Å². The zero-order valence-corrected chi connectivity index (χ0v) is 13.8. The number of hydrogen-bond donors (Lipinski definition) is 3. The van der Waals surface area contributed by atoms with E-state index in [9.17, 15) is 0 Å². The zero-order valence-electron chi connectivity index (χ0n) is 13.8. The molecule has 0 saturated carbocycles. The summed E-state index contributed by atoms with van der Waals surface area (Å²) in [6.45, 7) is 5.47. The lowest BCUT2D eigenvalue weighted by Gasteiger charge is -2.24. The van der Waals surface area contributed by atoms with Gasteiger partial charge < -0.3 is 15.2 Å². The Labute approximate surface area is 144 Å². The summed E-state index contributed by atoms with van der Waals surface area (Å²) < 4.78 is 0. The number of rotatable bonds is 2. The first-order chi connectivity index (χ1) is 11.9. The molecule has 0 bridgehead atoms. The van der Waals surface area contributed by atoms with E-state index in [1.54, 1.807) is 0 Å². The molecule has 0 aliphatic carbocycles. The van der Waals surface area contributed by atoms with Gasteiger partial charge in [-0.1, -0.05) is 19.1 Å². The highest BCUT2D eigenvalue weighted by molar-refractivity contribution is 6.27. The number of carboxylic acid groups (broad SMARTS) is 2. The molecule has 0 unspecified atom stereocenters. The fraction of sp³-hybridized carbons (Fsp3) is 0.278. The Morgan fingerprint density at radius 1 is 1.28 bits per heavy atom. The van der Waals surface area contributed by atoms with Crippen LogP contribution in [-0.4, -0.2) is 51.7 Å². The minimum atomic E-state index is -1.82. The van der Waals surface area contributed by atoms with Gasteiger partial charge in [-0.05, 0) is 36.7 Å². The first kappa shape index (κ1) is 18.2. The van der Waals surface area contributed by atoms with E-state index in [-0.39, 0.29) is 0 Å². The van der Waals surface area contributed by atoms with Gasteiger partial charge >= 0.3 is 11.9 Å². The molecule has 25 heavy (non-hydrogen) atoms. The molecule has 0 radical (unpaired) electrons. The second kappa shape index (κ2) is 8.13. The molecule has 130 valence electrons. The summed E-state index contributed by atoms with van der Waals surface area (Å²) in [5.41, 5.74) is 4.34. The summed E-state index contributed by atoms with van der Waals surface area (Å²) in [4.78, 5) is 24.1. The second-order valence-electron chi connectivity index (χ2n) is 5.58. The molecule has 1 aliphatic rings. The van der Waals surface area contributed by atoms with Crippen molar-refractivity contribution >= 4 is 28.4 Å². The van der Waals surface area contributed by atoms with E-state index in [4.69, 9.17) is 25.1 Å². The van der Waals surface area contributed by atoms with E-state index in [0.717, 1.165) is 31.6 Å². The van der Waals surface area contributed by atoms with Crippen LogP contribution < -0.4 is 0 Å². The van der Waals surface area contributed by atoms with Crippen molar-refractivity contribution < 1.29 is 19.8 Å². The Kier molecular flexibility index (Phi) is 5.93. The van der Waals surface area contributed by atoms with Crippen molar-refractivity contribution in [3.05, 3.63) is 41.6 Å². The lowest BCUT2D eigenvalue weighted by molar-refractivity contribution is -0.159. The third kappa shape index (κ3) is 4.68. The number of hydrogen-bond acceptors (Lipinski definition) is 4. The predicted molar refractivity (Wildman–Crippen MR) is 93.0 cm³/mol. The van der Waals surface area contributed by atoms with Crippen LogP contribution in [0.2, 0.25) is 0 Å². The maximum absolute atomic E-state index is 9.10. The molecule has 0 fully saturated rings. The largest absolute Gasteiger partial charge is 0.473 e. The van der Waals surface area contributed by atoms with Gasteiger partial charge in [0, 0.05) is 29.7 Å². The highest BCUT2D eigenvalue weighted by Gasteiger charge is 2.13. The molecule has 1 aliphatic heterocycles. The van der Waals surface area contributed by atoms with Crippen molar-refractivity contribution in [2.75, 3.05) is 19.6 Å². The molecule has 1 aromatic heterocycles. The smallest absolute Gasteiger partial charge is 0.414 e. The third-order valence-corrected chi connectivity index (χ3v) is 4.02. The van der Waals surface area contributed by atoms with Gasteiger partial charge in [0.15, 0.2) is 0 Å². The lowest BCUT2D eigenvalue weighted by atomic mass is 10.0. The molecule has 7 heteroatoms. The molecular formula is C18H19N3O4. The Hall–Kier alpha value is -3.11. The molecule has 3 rings (SSSR count). The number of nitrogens with one attached hydrogen (secondary N) is 1. The Morgan fingerprint density at radius 2 is 2.00 bits per heavy atom. The number of H-pyrrole nitrogens is 1. The van der Waals surface area contributed by atoms with Crippen LogP contribution in [0.1, 0.15) is 24.6 Å². The van der Waals surface area contributed by atoms with Gasteiger partial charge in [-0.2, -0.15) is 5.26 Å². The van der Waals surface area contributed by atoms with Crippen LogP contribution in [0.25, 0.3) is 16.5 Å². The average molecular weight is 341 g/mol. The number of fused-ring (bicyclic) bond motifs is 1. The fourth-order valence-electron chi connectivity index (χ4n) is 2.61. The van der Waals surface area contributed by atoms with E-state index in [0.29, 0.717) is 5.56 Å². The molecule has 0 spiro atoms. The summed E-state index contributed by atoms with van der Waals surface area (Å²) in [6.07, 6.45) is 3.40. The molecule has 2 heterocycles. The van der Waals surface area contributed by atoms with Crippen molar-refractivity contribution in [1.29, 1.82) is 5.26 Å². The summed E-state index contributed by atoms with van der Waals surface area (Å²) in [7, 11) is 0. The Balaban J connectivity index is 0.000000326. The quantitative estimate of drug-likeness (QED) is 0.722. The van der Waals surface area contributed by atoms with Crippen LogP contribution in [0.15, 0.2) is 30.3 Å². The topological polar surface area (TPSA) is 117 Å². The first-order valence-electron chi connectivity index (χ1n) is 7.85. The molecule has 0 amide bonds. The number of likely N-dealkylation sites (N-methyl/N-ethyl adjacent to an activating group) is 1. The average Bonchev–Trinajstić information content (AvgIpc) is 3.05. The van der Waals surface area contributed by atoms with E-state index in [2.05, 4.69) is 35.0 Å². The van der Waals surface area contributed by atoms with E-state index >= 15 is 0 Å². The molecule has 3 N–H and O–H groups in total. The van der Waals surface area contributed by atoms with Gasteiger partial charge in [-0.3, -0.25) is 4.90 Å². The van der Waals surface area contributed by atoms with Gasteiger partial charge in [-0.25, -0.2) is 9.59 Å². The number of carbonyl (C=O) groups is 2. The van der Waals surface area contributed by atoms with Crippen LogP contribution in [-0.2, 0) is 9.59 Å². The maximum Gasteiger partial charge on any atom is 0.414 e. The van der Waals surface area contributed by atoms with E-state index in [1.807, 2.05) is 18.2 Å². The Bertz CT molecular complexity index is 849. The maximum atomic E-state index is 9.10. The zero-order chi connectivity index (χ0) is 18.4.